The van der Waals surface area contributed by atoms with Gasteiger partial charge < -0.3 is 0 Å². The third-order valence-electron chi connectivity index (χ3n) is 3.99. The van der Waals surface area contributed by atoms with Gasteiger partial charge in [-0.25, -0.2) is 0 Å². The Bertz CT molecular complexity index is 798. The molecule has 0 aliphatic carbocycles. The first-order valence-electron chi connectivity index (χ1n) is 8.55. The van der Waals surface area contributed by atoms with Crippen molar-refractivity contribution in [2.75, 3.05) is 4.90 Å². The van der Waals surface area contributed by atoms with Crippen molar-refractivity contribution < 1.29 is 4.79 Å². The molecular formula is C22H20ClNOS. The van der Waals surface area contributed by atoms with E-state index in [0.717, 1.165) is 22.7 Å². The van der Waals surface area contributed by atoms with Crippen LogP contribution in [0.3, 0.4) is 0 Å². The first-order valence-corrected chi connectivity index (χ1v) is 9.81. The highest BCUT2D eigenvalue weighted by molar-refractivity contribution is 8.00. The van der Waals surface area contributed by atoms with Crippen molar-refractivity contribution in [1.29, 1.82) is 0 Å². The number of hydrogen-bond acceptors (Lipinski definition) is 2. The minimum absolute atomic E-state index is 0.0739. The fourth-order valence-corrected chi connectivity index (χ4v) is 3.81. The number of para-hydroxylation sites is 2. The predicted octanol–water partition coefficient (Wildman–Crippen LogP) is 6.58. The first kappa shape index (κ1) is 18.6. The summed E-state index contributed by atoms with van der Waals surface area (Å²) in [5.41, 5.74) is 1.75. The van der Waals surface area contributed by atoms with Crippen LogP contribution in [0.25, 0.3) is 0 Å². The Morgan fingerprint density at radius 2 is 1.38 bits per heavy atom. The van der Waals surface area contributed by atoms with E-state index in [1.54, 1.807) is 16.7 Å². The number of carbonyl (C=O) groups excluding carboxylic acids is 1. The Labute approximate surface area is 163 Å². The molecule has 132 valence electrons. The first-order chi connectivity index (χ1) is 12.7. The third kappa shape index (κ3) is 4.48. The molecule has 0 spiro atoms. The minimum atomic E-state index is -0.184. The number of anilines is 2. The second-order valence-corrected chi connectivity index (χ2v) is 7.53. The molecule has 0 aliphatic rings. The highest BCUT2D eigenvalue weighted by Gasteiger charge is 2.26. The van der Waals surface area contributed by atoms with E-state index < -0.39 is 0 Å². The molecule has 3 rings (SSSR count). The molecule has 4 heteroatoms. The number of amides is 1. The van der Waals surface area contributed by atoms with Crippen molar-refractivity contribution in [2.45, 2.75) is 23.5 Å². The molecule has 2 nitrogen and oxygen atoms in total. The van der Waals surface area contributed by atoms with Crippen LogP contribution in [0, 0.1) is 0 Å². The van der Waals surface area contributed by atoms with E-state index in [0.29, 0.717) is 5.02 Å². The lowest BCUT2D eigenvalue weighted by Gasteiger charge is -2.27. The fourth-order valence-electron chi connectivity index (χ4n) is 2.69. The third-order valence-corrected chi connectivity index (χ3v) is 5.60. The van der Waals surface area contributed by atoms with E-state index in [1.165, 1.54) is 0 Å². The fraction of sp³-hybridized carbons (Fsp3) is 0.136. The number of halogens is 1. The van der Waals surface area contributed by atoms with Gasteiger partial charge in [0.2, 0.25) is 5.91 Å². The van der Waals surface area contributed by atoms with E-state index in [-0.39, 0.29) is 11.2 Å². The number of rotatable bonds is 6. The standard InChI is InChI=1S/C22H20ClNOS/c1-2-21(26-20-15-13-17(23)14-16-20)22(25)24(18-9-5-3-6-10-18)19-11-7-4-8-12-19/h3-16,21H,2H2,1H3. The summed E-state index contributed by atoms with van der Waals surface area (Å²) >= 11 is 7.54. The largest absolute Gasteiger partial charge is 0.280 e. The Morgan fingerprint density at radius 3 is 1.85 bits per heavy atom. The Hall–Kier alpha value is -2.23. The monoisotopic (exact) mass is 381 g/mol. The van der Waals surface area contributed by atoms with Crippen LogP contribution in [0.4, 0.5) is 11.4 Å². The van der Waals surface area contributed by atoms with Crippen molar-refractivity contribution >= 4 is 40.6 Å². The van der Waals surface area contributed by atoms with Gasteiger partial charge in [-0.1, -0.05) is 54.9 Å². The van der Waals surface area contributed by atoms with Crippen LogP contribution in [0.5, 0.6) is 0 Å². The van der Waals surface area contributed by atoms with Crippen molar-refractivity contribution in [3.63, 3.8) is 0 Å². The van der Waals surface area contributed by atoms with Crippen LogP contribution in [0.2, 0.25) is 5.02 Å². The zero-order valence-electron chi connectivity index (χ0n) is 14.5. The lowest BCUT2D eigenvalue weighted by Crippen LogP contribution is -2.34. The highest BCUT2D eigenvalue weighted by atomic mass is 35.5. The summed E-state index contributed by atoms with van der Waals surface area (Å²) in [6.45, 7) is 2.04. The van der Waals surface area contributed by atoms with Gasteiger partial charge >= 0.3 is 0 Å². The maximum absolute atomic E-state index is 13.4. The number of hydrogen-bond donors (Lipinski definition) is 0. The SMILES string of the molecule is CCC(Sc1ccc(Cl)cc1)C(=O)N(c1ccccc1)c1ccccc1. The molecule has 0 saturated carbocycles. The van der Waals surface area contributed by atoms with Gasteiger partial charge in [0, 0.05) is 21.3 Å². The average Bonchev–Trinajstić information content (AvgIpc) is 2.69. The number of nitrogens with zero attached hydrogens (tertiary/aromatic N) is 1. The number of thioether (sulfide) groups is 1. The lowest BCUT2D eigenvalue weighted by molar-refractivity contribution is -0.117. The smallest absolute Gasteiger partial charge is 0.245 e. The van der Waals surface area contributed by atoms with E-state index in [4.69, 9.17) is 11.6 Å². The zero-order valence-corrected chi connectivity index (χ0v) is 16.1. The second kappa shape index (κ2) is 8.93. The van der Waals surface area contributed by atoms with Crippen molar-refractivity contribution in [2.24, 2.45) is 0 Å². The summed E-state index contributed by atoms with van der Waals surface area (Å²) in [7, 11) is 0. The summed E-state index contributed by atoms with van der Waals surface area (Å²) in [4.78, 5) is 16.3. The summed E-state index contributed by atoms with van der Waals surface area (Å²) in [6.07, 6.45) is 0.738. The molecule has 0 radical (unpaired) electrons. The van der Waals surface area contributed by atoms with Crippen LogP contribution in [0.1, 0.15) is 13.3 Å². The van der Waals surface area contributed by atoms with Crippen LogP contribution in [0.15, 0.2) is 89.8 Å². The van der Waals surface area contributed by atoms with Gasteiger partial charge in [-0.3, -0.25) is 9.69 Å². The zero-order chi connectivity index (χ0) is 18.4. The molecular weight excluding hydrogens is 362 g/mol. The van der Waals surface area contributed by atoms with E-state index in [2.05, 4.69) is 0 Å². The minimum Gasteiger partial charge on any atom is -0.280 e. The molecule has 3 aromatic rings. The maximum Gasteiger partial charge on any atom is 0.245 e. The van der Waals surface area contributed by atoms with Gasteiger partial charge in [0.15, 0.2) is 0 Å². The summed E-state index contributed by atoms with van der Waals surface area (Å²) in [5.74, 6) is 0.0739. The van der Waals surface area contributed by atoms with Gasteiger partial charge in [0.1, 0.15) is 0 Å². The van der Waals surface area contributed by atoms with Gasteiger partial charge in [-0.05, 0) is 55.0 Å². The molecule has 1 amide bonds. The molecule has 0 bridgehead atoms. The lowest BCUT2D eigenvalue weighted by atomic mass is 10.2. The van der Waals surface area contributed by atoms with E-state index in [9.17, 15) is 4.79 Å². The molecule has 26 heavy (non-hydrogen) atoms. The van der Waals surface area contributed by atoms with Crippen LogP contribution in [-0.2, 0) is 4.79 Å². The topological polar surface area (TPSA) is 20.3 Å². The van der Waals surface area contributed by atoms with Crippen LogP contribution in [-0.4, -0.2) is 11.2 Å². The summed E-state index contributed by atoms with van der Waals surface area (Å²) in [5, 5.41) is 0.514. The molecule has 0 fully saturated rings. The quantitative estimate of drug-likeness (QED) is 0.449. The molecule has 0 aliphatic heterocycles. The van der Waals surface area contributed by atoms with Gasteiger partial charge in [0.25, 0.3) is 0 Å². The van der Waals surface area contributed by atoms with E-state index in [1.807, 2.05) is 91.9 Å². The van der Waals surface area contributed by atoms with Crippen molar-refractivity contribution in [1.82, 2.24) is 0 Å². The Balaban J connectivity index is 1.91. The van der Waals surface area contributed by atoms with Gasteiger partial charge in [-0.2, -0.15) is 0 Å². The predicted molar refractivity (Wildman–Crippen MR) is 111 cm³/mol. The summed E-state index contributed by atoms with van der Waals surface area (Å²) < 4.78 is 0. The normalized spacial score (nSPS) is 11.8. The average molecular weight is 382 g/mol. The number of carbonyl (C=O) groups is 1. The second-order valence-electron chi connectivity index (χ2n) is 5.81. The Kier molecular flexibility index (Phi) is 6.37. The van der Waals surface area contributed by atoms with Gasteiger partial charge in [0.05, 0.1) is 5.25 Å². The molecule has 0 saturated heterocycles. The van der Waals surface area contributed by atoms with Gasteiger partial charge in [-0.15, -0.1) is 11.8 Å². The van der Waals surface area contributed by atoms with Crippen molar-refractivity contribution in [3.05, 3.63) is 90.0 Å². The molecule has 0 heterocycles. The van der Waals surface area contributed by atoms with Crippen molar-refractivity contribution in [3.8, 4) is 0 Å². The Morgan fingerprint density at radius 1 is 0.885 bits per heavy atom. The highest BCUT2D eigenvalue weighted by Crippen LogP contribution is 2.32. The van der Waals surface area contributed by atoms with Crippen LogP contribution < -0.4 is 4.90 Å². The van der Waals surface area contributed by atoms with Crippen LogP contribution >= 0.6 is 23.4 Å². The molecule has 0 aromatic heterocycles. The summed E-state index contributed by atoms with van der Waals surface area (Å²) in [6, 6.07) is 27.2. The maximum atomic E-state index is 13.4. The molecule has 3 aromatic carbocycles. The number of benzene rings is 3. The van der Waals surface area contributed by atoms with E-state index >= 15 is 0 Å². The molecule has 1 unspecified atom stereocenters. The molecule has 0 N–H and O–H groups in total. The molecule has 1 atom stereocenters.